The molecule has 0 N–H and O–H groups in total. The number of nitrogens with zero attached hydrogens (tertiary/aromatic N) is 6. The number of hydrogen-bond acceptors (Lipinski definition) is 6. The van der Waals surface area contributed by atoms with Crippen molar-refractivity contribution in [1.82, 2.24) is 19.9 Å². The van der Waals surface area contributed by atoms with Crippen LogP contribution in [-0.4, -0.2) is 26.6 Å². The Hall–Kier alpha value is -6.24. The van der Waals surface area contributed by atoms with Gasteiger partial charge in [-0.3, -0.25) is 19.9 Å². The van der Waals surface area contributed by atoms with Gasteiger partial charge in [-0.1, -0.05) is 35.8 Å². The SMILES string of the molecule is Cc1cc(C#Cc2ccnc(-c3ccccn3)c2)cc2c1N1Cc3cc(C#Cc4ccnc(-c5ccccn5)c4)cc(C)c3N(C2)C1. The van der Waals surface area contributed by atoms with Crippen molar-refractivity contribution < 1.29 is 0 Å². The summed E-state index contributed by atoms with van der Waals surface area (Å²) in [5, 5.41) is 0. The van der Waals surface area contributed by atoms with E-state index in [4.69, 9.17) is 0 Å². The van der Waals surface area contributed by atoms with Crippen LogP contribution in [0, 0.1) is 37.5 Å². The minimum atomic E-state index is 0.822. The summed E-state index contributed by atoms with van der Waals surface area (Å²) in [4.78, 5) is 22.8. The van der Waals surface area contributed by atoms with Crippen LogP contribution in [0.4, 0.5) is 11.4 Å². The Morgan fingerprint density at radius 2 is 0.915 bits per heavy atom. The predicted molar refractivity (Wildman–Crippen MR) is 186 cm³/mol. The van der Waals surface area contributed by atoms with Crippen LogP contribution in [0.25, 0.3) is 22.8 Å². The van der Waals surface area contributed by atoms with Gasteiger partial charge < -0.3 is 9.80 Å². The number of hydrogen-bond donors (Lipinski definition) is 0. The molecule has 0 aliphatic carbocycles. The van der Waals surface area contributed by atoms with Crippen molar-refractivity contribution in [3.63, 3.8) is 0 Å². The largest absolute Gasteiger partial charge is 0.349 e. The van der Waals surface area contributed by atoms with E-state index in [1.54, 1.807) is 24.8 Å². The highest BCUT2D eigenvalue weighted by Crippen LogP contribution is 2.41. The van der Waals surface area contributed by atoms with E-state index in [0.29, 0.717) is 0 Å². The zero-order chi connectivity index (χ0) is 31.7. The number of aromatic nitrogens is 4. The number of pyridine rings is 4. The predicted octanol–water partition coefficient (Wildman–Crippen LogP) is 7.31. The molecule has 2 aliphatic rings. The summed E-state index contributed by atoms with van der Waals surface area (Å²) >= 11 is 0. The van der Waals surface area contributed by atoms with E-state index < -0.39 is 0 Å². The minimum absolute atomic E-state index is 0.822. The van der Waals surface area contributed by atoms with Crippen molar-refractivity contribution >= 4 is 11.4 Å². The highest BCUT2D eigenvalue weighted by atomic mass is 15.4. The van der Waals surface area contributed by atoms with Gasteiger partial charge in [0.05, 0.1) is 29.4 Å². The third-order valence-corrected chi connectivity index (χ3v) is 8.53. The third kappa shape index (κ3) is 5.70. The highest BCUT2D eigenvalue weighted by Gasteiger charge is 2.31. The van der Waals surface area contributed by atoms with Gasteiger partial charge in [0.2, 0.25) is 0 Å². The van der Waals surface area contributed by atoms with Crippen LogP contribution in [0.3, 0.4) is 0 Å². The molecular formula is C41H30N6. The zero-order valence-electron chi connectivity index (χ0n) is 26.2. The smallest absolute Gasteiger partial charge is 0.0910 e. The number of aryl methyl sites for hydroxylation is 2. The maximum Gasteiger partial charge on any atom is 0.0910 e. The molecule has 0 unspecified atom stereocenters. The van der Waals surface area contributed by atoms with Crippen LogP contribution < -0.4 is 9.80 Å². The Morgan fingerprint density at radius 1 is 0.468 bits per heavy atom. The van der Waals surface area contributed by atoms with Crippen LogP contribution >= 0.6 is 0 Å². The molecule has 4 aromatic heterocycles. The topological polar surface area (TPSA) is 58.0 Å². The Morgan fingerprint density at radius 3 is 1.36 bits per heavy atom. The Bertz CT molecular complexity index is 2110. The molecule has 6 nitrogen and oxygen atoms in total. The number of benzene rings is 2. The molecule has 6 heteroatoms. The van der Waals surface area contributed by atoms with Crippen LogP contribution in [0.5, 0.6) is 0 Å². The maximum atomic E-state index is 4.48. The maximum absolute atomic E-state index is 4.48. The fourth-order valence-electron chi connectivity index (χ4n) is 6.63. The van der Waals surface area contributed by atoms with Gasteiger partial charge in [-0.25, -0.2) is 0 Å². The molecule has 0 atom stereocenters. The van der Waals surface area contributed by atoms with Gasteiger partial charge in [0, 0.05) is 71.5 Å². The van der Waals surface area contributed by atoms with Gasteiger partial charge in [-0.05, 0) is 109 Å². The fourth-order valence-corrected chi connectivity index (χ4v) is 6.63. The molecule has 2 aliphatic heterocycles. The van der Waals surface area contributed by atoms with Gasteiger partial charge in [0.1, 0.15) is 0 Å². The Labute approximate surface area is 274 Å². The lowest BCUT2D eigenvalue weighted by Crippen LogP contribution is -2.46. The average Bonchev–Trinajstić information content (AvgIpc) is 3.10. The summed E-state index contributed by atoms with van der Waals surface area (Å²) in [5.41, 5.74) is 14.9. The van der Waals surface area contributed by atoms with E-state index in [1.165, 1.54) is 33.6 Å². The third-order valence-electron chi connectivity index (χ3n) is 8.53. The molecule has 2 aromatic carbocycles. The van der Waals surface area contributed by atoms with Crippen molar-refractivity contribution in [2.45, 2.75) is 26.9 Å². The zero-order valence-corrected chi connectivity index (χ0v) is 26.2. The van der Waals surface area contributed by atoms with Crippen LogP contribution in [0.1, 0.15) is 44.5 Å². The van der Waals surface area contributed by atoms with E-state index >= 15 is 0 Å². The molecule has 0 saturated carbocycles. The molecule has 2 bridgehead atoms. The summed E-state index contributed by atoms with van der Waals surface area (Å²) in [7, 11) is 0. The van der Waals surface area contributed by atoms with E-state index in [0.717, 1.165) is 64.8 Å². The second kappa shape index (κ2) is 11.9. The second-order valence-corrected chi connectivity index (χ2v) is 11.9. The van der Waals surface area contributed by atoms with Gasteiger partial charge in [-0.15, -0.1) is 0 Å². The van der Waals surface area contributed by atoms with Crippen molar-refractivity contribution in [3.05, 3.63) is 154 Å². The van der Waals surface area contributed by atoms with Gasteiger partial charge in [0.15, 0.2) is 0 Å². The normalized spacial score (nSPS) is 12.6. The van der Waals surface area contributed by atoms with E-state index in [-0.39, 0.29) is 0 Å². The molecule has 6 aromatic rings. The molecule has 8 rings (SSSR count). The Balaban J connectivity index is 1.05. The Kier molecular flexibility index (Phi) is 7.17. The summed E-state index contributed by atoms with van der Waals surface area (Å²) in [6, 6.07) is 28.5. The summed E-state index contributed by atoms with van der Waals surface area (Å²) in [6.07, 6.45) is 7.15. The molecule has 0 amide bonds. The number of rotatable bonds is 2. The van der Waals surface area contributed by atoms with Gasteiger partial charge in [-0.2, -0.15) is 0 Å². The first-order valence-corrected chi connectivity index (χ1v) is 15.6. The minimum Gasteiger partial charge on any atom is -0.349 e. The van der Waals surface area contributed by atoms with Crippen LogP contribution in [-0.2, 0) is 13.1 Å². The lowest BCUT2D eigenvalue weighted by atomic mass is 9.94. The van der Waals surface area contributed by atoms with Crippen molar-refractivity contribution in [1.29, 1.82) is 0 Å². The molecule has 0 spiro atoms. The van der Waals surface area contributed by atoms with E-state index in [1.807, 2.05) is 60.7 Å². The number of anilines is 2. The summed E-state index contributed by atoms with van der Waals surface area (Å²) in [5.74, 6) is 13.5. The molecule has 0 saturated heterocycles. The first-order valence-electron chi connectivity index (χ1n) is 15.6. The van der Waals surface area contributed by atoms with Crippen LogP contribution in [0.15, 0.2) is 110 Å². The van der Waals surface area contributed by atoms with E-state index in [2.05, 4.69) is 91.5 Å². The van der Waals surface area contributed by atoms with Crippen molar-refractivity contribution in [2.24, 2.45) is 0 Å². The summed E-state index contributed by atoms with van der Waals surface area (Å²) in [6.45, 7) is 6.95. The van der Waals surface area contributed by atoms with Crippen molar-refractivity contribution in [3.8, 4) is 46.5 Å². The molecule has 6 heterocycles. The van der Waals surface area contributed by atoms with E-state index in [9.17, 15) is 0 Å². The first kappa shape index (κ1) is 28.2. The average molecular weight is 607 g/mol. The lowest BCUT2D eigenvalue weighted by molar-refractivity contribution is 0.646. The summed E-state index contributed by atoms with van der Waals surface area (Å²) < 4.78 is 0. The molecule has 224 valence electrons. The lowest BCUT2D eigenvalue weighted by Gasteiger charge is -2.46. The van der Waals surface area contributed by atoms with Crippen LogP contribution in [0.2, 0.25) is 0 Å². The van der Waals surface area contributed by atoms with Gasteiger partial charge >= 0.3 is 0 Å². The molecule has 47 heavy (non-hydrogen) atoms. The quantitative estimate of drug-likeness (QED) is 0.193. The highest BCUT2D eigenvalue weighted by molar-refractivity contribution is 5.74. The van der Waals surface area contributed by atoms with Crippen molar-refractivity contribution in [2.75, 3.05) is 16.5 Å². The second-order valence-electron chi connectivity index (χ2n) is 11.9. The standard InChI is InChI=1S/C41H30N6/c1-28-19-32(11-9-30-13-17-44-38(23-30)36-7-3-5-15-42-36)21-34-25-47-27-46(40(28)34)26-35-22-33(20-29(2)41(35)47)12-10-31-14-18-45-39(24-31)37-8-4-6-16-43-37/h3-8,13-24H,25-27H2,1-2H3. The number of fused-ring (bicyclic) bond motifs is 6. The molecule has 0 fully saturated rings. The fraction of sp³-hybridized carbons (Fsp3) is 0.122. The first-order chi connectivity index (χ1) is 23.1. The van der Waals surface area contributed by atoms with Gasteiger partial charge in [0.25, 0.3) is 0 Å². The monoisotopic (exact) mass is 606 g/mol. The molecule has 0 radical (unpaired) electrons. The molecular weight excluding hydrogens is 576 g/mol.